The van der Waals surface area contributed by atoms with E-state index in [1.165, 1.54) is 120 Å². The lowest BCUT2D eigenvalue weighted by atomic mass is 9.44. The summed E-state index contributed by atoms with van der Waals surface area (Å²) in [6.07, 6.45) is 34.3. The number of halogens is 4. The first-order chi connectivity index (χ1) is 48.8. The van der Waals surface area contributed by atoms with Gasteiger partial charge in [0.15, 0.2) is 11.6 Å². The monoisotopic (exact) mass is 1500 g/mol. The minimum atomic E-state index is -0.495. The lowest BCUT2D eigenvalue weighted by Gasteiger charge is -2.61. The third kappa shape index (κ3) is 13.4. The predicted octanol–water partition coefficient (Wildman–Crippen LogP) is 19.4. The van der Waals surface area contributed by atoms with E-state index in [0.29, 0.717) is 90.7 Å². The van der Waals surface area contributed by atoms with Crippen molar-refractivity contribution in [1.29, 1.82) is 0 Å². The number of fused-ring (bicyclic) bond motifs is 18. The zero-order chi connectivity index (χ0) is 72.8. The fraction of sp³-hybridized carbons (Fsp3) is 0.736. The topological polar surface area (TPSA) is 189 Å². The summed E-state index contributed by atoms with van der Waals surface area (Å²) in [7, 11) is 0. The molecule has 0 unspecified atom stereocenters. The number of aliphatic hydroxyl groups is 3. The Morgan fingerprint density at radius 2 is 0.846 bits per heavy atom. The summed E-state index contributed by atoms with van der Waals surface area (Å²) < 4.78 is 43.2. The number of hydrogen-bond donors (Lipinski definition) is 4. The zero-order valence-electron chi connectivity index (χ0n) is 63.0. The maximum absolute atomic E-state index is 13.8. The SMILES string of the molecule is C.C[C@@]1(O)CC[C@@]2(C)[C@@H](CC[C@@H]3[C@@H]2CC[C@]2(C)[C@@H](C(=O)CBr)CC[C@@H]32)C1.C[C@@]1(O)CC[C@@]2(C)[C@@H](CC[C@@H]3[C@@H]2CC[C@]2(C)[C@@H](C(=O)Cn4cc5ccc(F)cc5n4)CC[C@@H]32)C1.C[C@@]1(O)CC[C@@]2(C)[C@@H](CC[C@@H]3[C@@H]2CC[C@]2(C)[C@@H](C(=O)Cn4ncc5ccc(F)cc54)CC[C@@H]32)C1.Fc1ccc2n[nH]nc2c1. The van der Waals surface area contributed by atoms with Gasteiger partial charge in [0, 0.05) is 46.9 Å². The van der Waals surface area contributed by atoms with Crippen LogP contribution in [0.15, 0.2) is 67.0 Å². The van der Waals surface area contributed by atoms with Crippen LogP contribution in [0.2, 0.25) is 0 Å². The van der Waals surface area contributed by atoms with Crippen LogP contribution < -0.4 is 0 Å². The maximum Gasteiger partial charge on any atom is 0.157 e. The summed E-state index contributed by atoms with van der Waals surface area (Å²) in [6.45, 7) is 21.4. The lowest BCUT2D eigenvalue weighted by Crippen LogP contribution is -2.55. The quantitative estimate of drug-likeness (QED) is 0.107. The highest BCUT2D eigenvalue weighted by Crippen LogP contribution is 2.72. The average molecular weight is 1500 g/mol. The summed E-state index contributed by atoms with van der Waals surface area (Å²) in [5.41, 5.74) is 2.62. The van der Waals surface area contributed by atoms with Gasteiger partial charge >= 0.3 is 0 Å². The number of H-pyrrole nitrogens is 1. The van der Waals surface area contributed by atoms with Gasteiger partial charge in [0.25, 0.3) is 0 Å². The zero-order valence-corrected chi connectivity index (χ0v) is 64.6. The first-order valence-corrected chi connectivity index (χ1v) is 41.4. The Hall–Kier alpha value is -4.84. The number of hydrogen-bond acceptors (Lipinski definition) is 10. The van der Waals surface area contributed by atoms with Crippen molar-refractivity contribution in [3.8, 4) is 0 Å². The summed E-state index contributed by atoms with van der Waals surface area (Å²) in [4.78, 5) is 39.7. The van der Waals surface area contributed by atoms with Crippen molar-refractivity contribution in [2.45, 2.75) is 273 Å². The second-order valence-corrected chi connectivity index (χ2v) is 39.2. The number of aromatic amines is 1. The van der Waals surface area contributed by atoms with E-state index >= 15 is 0 Å². The molecule has 3 aromatic carbocycles. The number of Topliss-reactive ketones (excluding diaryl/α,β-unsaturated/α-hetero) is 3. The van der Waals surface area contributed by atoms with E-state index in [1.807, 2.05) is 27.0 Å². The Bertz CT molecular complexity index is 4160. The molecule has 3 aromatic heterocycles. The summed E-state index contributed by atoms with van der Waals surface area (Å²) in [5, 5.41) is 53.1. The van der Waals surface area contributed by atoms with Crippen LogP contribution >= 0.6 is 15.9 Å². The molecule has 12 aliphatic rings. The Labute approximate surface area is 624 Å². The van der Waals surface area contributed by atoms with E-state index in [9.17, 15) is 42.9 Å². The normalized spacial score (nSPS) is 42.9. The molecule has 0 saturated heterocycles. The molecule has 4 N–H and O–H groups in total. The van der Waals surface area contributed by atoms with E-state index in [2.05, 4.69) is 83.1 Å². The number of benzene rings is 3. The van der Waals surface area contributed by atoms with Crippen LogP contribution in [0.1, 0.15) is 243 Å². The molecule has 24 atom stereocenters. The van der Waals surface area contributed by atoms with Crippen molar-refractivity contribution in [2.75, 3.05) is 5.33 Å². The lowest BCUT2D eigenvalue weighted by molar-refractivity contribution is -0.151. The Morgan fingerprint density at radius 3 is 1.31 bits per heavy atom. The van der Waals surface area contributed by atoms with Gasteiger partial charge in [-0.3, -0.25) is 23.7 Å². The van der Waals surface area contributed by atoms with Crippen LogP contribution in [-0.4, -0.2) is 89.8 Å². The van der Waals surface area contributed by atoms with Gasteiger partial charge < -0.3 is 15.3 Å². The maximum atomic E-state index is 13.8. The van der Waals surface area contributed by atoms with E-state index < -0.39 is 16.8 Å². The molecule has 0 aliphatic heterocycles. The van der Waals surface area contributed by atoms with Crippen molar-refractivity contribution >= 4 is 66.1 Å². The molecule has 6 aromatic rings. The molecule has 3 heterocycles. The number of carbonyl (C=O) groups excluding carboxylic acids is 3. The molecular formula is C87H121BrF3N7O6. The van der Waals surface area contributed by atoms with E-state index in [-0.39, 0.29) is 77.7 Å². The first-order valence-electron chi connectivity index (χ1n) is 40.3. The van der Waals surface area contributed by atoms with Crippen LogP contribution in [-0.2, 0) is 27.5 Å². The Morgan fingerprint density at radius 1 is 0.452 bits per heavy atom. The summed E-state index contributed by atoms with van der Waals surface area (Å²) >= 11 is 3.43. The fourth-order valence-corrected chi connectivity index (χ4v) is 28.0. The van der Waals surface area contributed by atoms with E-state index in [0.717, 1.165) is 136 Å². The molecule has 0 radical (unpaired) electrons. The van der Waals surface area contributed by atoms with Gasteiger partial charge in [-0.1, -0.05) is 64.9 Å². The highest BCUT2D eigenvalue weighted by molar-refractivity contribution is 9.09. The predicted molar refractivity (Wildman–Crippen MR) is 406 cm³/mol. The van der Waals surface area contributed by atoms with Gasteiger partial charge in [-0.2, -0.15) is 25.6 Å². The molecule has 18 rings (SSSR count). The molecule has 12 fully saturated rings. The molecule has 0 spiro atoms. The Kier molecular flexibility index (Phi) is 20.4. The van der Waals surface area contributed by atoms with Gasteiger partial charge in [0.05, 0.1) is 45.9 Å². The molecule has 0 bridgehead atoms. The van der Waals surface area contributed by atoms with Crippen LogP contribution in [0.3, 0.4) is 0 Å². The minimum Gasteiger partial charge on any atom is -0.390 e. The molecule has 0 amide bonds. The summed E-state index contributed by atoms with van der Waals surface area (Å²) in [5.74, 6) is 9.08. The number of aromatic nitrogens is 7. The second-order valence-electron chi connectivity index (χ2n) is 38.6. The fourth-order valence-electron chi connectivity index (χ4n) is 27.6. The van der Waals surface area contributed by atoms with Crippen LogP contribution in [0.5, 0.6) is 0 Å². The third-order valence-electron chi connectivity index (χ3n) is 33.2. The molecule has 568 valence electrons. The van der Waals surface area contributed by atoms with E-state index in [1.54, 1.807) is 33.8 Å². The smallest absolute Gasteiger partial charge is 0.157 e. The highest BCUT2D eigenvalue weighted by Gasteiger charge is 2.65. The van der Waals surface area contributed by atoms with Gasteiger partial charge in [-0.05, 0) is 340 Å². The van der Waals surface area contributed by atoms with Gasteiger partial charge in [0.2, 0.25) is 0 Å². The van der Waals surface area contributed by atoms with E-state index in [4.69, 9.17) is 0 Å². The van der Waals surface area contributed by atoms with Crippen molar-refractivity contribution in [3.63, 3.8) is 0 Å². The highest BCUT2D eigenvalue weighted by atomic mass is 79.9. The molecule has 13 nitrogen and oxygen atoms in total. The third-order valence-corrected chi connectivity index (χ3v) is 33.7. The van der Waals surface area contributed by atoms with Crippen molar-refractivity contribution in [1.82, 2.24) is 35.0 Å². The number of alkyl halides is 1. The van der Waals surface area contributed by atoms with Gasteiger partial charge in [-0.25, -0.2) is 13.2 Å². The van der Waals surface area contributed by atoms with Crippen molar-refractivity contribution in [3.05, 3.63) is 84.4 Å². The molecule has 12 aliphatic carbocycles. The van der Waals surface area contributed by atoms with Crippen molar-refractivity contribution in [2.24, 2.45) is 121 Å². The number of ketones is 3. The second kappa shape index (κ2) is 27.9. The Balaban J connectivity index is 0.000000124. The standard InChI is InChI=1S/2C29H39FN2O2.C22H35BrO2.C6H4FN3.CH4/c1-27(34)12-13-28(2)19(15-27)5-7-21-22-8-9-24(29(22,3)11-10-23(21)28)26(33)17-32-16-18-4-6-20(30)14-25(18)31-32;1-27(34)12-13-28(2)19(15-27)5-7-21-22-8-9-24(29(22,3)11-10-23(21)28)26(33)17-32-25-14-20(30)6-4-18(25)16-31-32;1-20(25)10-11-21(2)14(12-20)4-5-15-16-6-7-18(19(24)13-23)22(16,3)9-8-17(15)21;7-4-1-2-5-6(3-4)9-10-8-5;/h2*4,6,14,16,19,21-24,34H,5,7-13,15,17H2,1-3H3;14-18,25H,4-13H2,1-3H3;1-3H,(H,8,9,10);1H4/t2*19-,21-,22-,23-,24+,27+,28-,29-;14-,15-,16-,17-,18+,20+,21-,22-;;/m000../s1. The number of carbonyl (C=O) groups is 3. The number of nitrogens with one attached hydrogen (secondary N) is 1. The van der Waals surface area contributed by atoms with Crippen molar-refractivity contribution < 1.29 is 42.9 Å². The van der Waals surface area contributed by atoms with Gasteiger partial charge in [0.1, 0.15) is 40.8 Å². The van der Waals surface area contributed by atoms with Crippen LogP contribution in [0.25, 0.3) is 32.8 Å². The van der Waals surface area contributed by atoms with Crippen LogP contribution in [0.4, 0.5) is 13.2 Å². The largest absolute Gasteiger partial charge is 0.390 e. The van der Waals surface area contributed by atoms with Gasteiger partial charge in [-0.15, -0.1) is 0 Å². The minimum absolute atomic E-state index is 0. The molecular weight excluding hydrogens is 1380 g/mol. The molecule has 12 saturated carbocycles. The number of nitrogens with zero attached hydrogens (tertiary/aromatic N) is 6. The summed E-state index contributed by atoms with van der Waals surface area (Å²) in [6, 6.07) is 13.5. The molecule has 17 heteroatoms. The number of rotatable bonds is 8. The molecule has 104 heavy (non-hydrogen) atoms. The first kappa shape index (κ1) is 76.0. The van der Waals surface area contributed by atoms with Crippen LogP contribution in [0, 0.1) is 139 Å². The average Bonchev–Trinajstić information content (AvgIpc) is 1.36.